The predicted octanol–water partition coefficient (Wildman–Crippen LogP) is 7.76. The average Bonchev–Trinajstić information content (AvgIpc) is 2.86. The molecule has 3 aromatic rings. The van der Waals surface area contributed by atoms with Crippen molar-refractivity contribution in [3.05, 3.63) is 106 Å². The van der Waals surface area contributed by atoms with E-state index in [2.05, 4.69) is 9.72 Å². The first-order valence-electron chi connectivity index (χ1n) is 11.3. The van der Waals surface area contributed by atoms with Crippen LogP contribution in [0.2, 0.25) is 5.02 Å². The van der Waals surface area contributed by atoms with Gasteiger partial charge in [-0.15, -0.1) is 0 Å². The fourth-order valence-electron chi connectivity index (χ4n) is 3.82. The standard InChI is InChI=1S/C26H16ClF11N2O2/c27-16-6-7-20(39-13-16)23(12-14-4-2-1-3-5-14,40-21(41)11-19(24(31,32)33)25(34,35)36)15-8-17(28)10-18(9-15)42-26(37,38)22(29)30/h1-11,13,22H,12H2,(H,40,41). The Hall–Kier alpha value is -3.88. The molecular weight excluding hydrogens is 617 g/mol. The number of nitrogens with zero attached hydrogens (tertiary/aromatic N) is 1. The van der Waals surface area contributed by atoms with Gasteiger partial charge in [-0.05, 0) is 35.4 Å². The van der Waals surface area contributed by atoms with Crippen LogP contribution in [0.4, 0.5) is 48.3 Å². The number of halogens is 12. The quantitative estimate of drug-likeness (QED) is 0.194. The normalized spacial score (nSPS) is 13.8. The smallest absolute Gasteiger partial charge is 0.428 e. The van der Waals surface area contributed by atoms with Gasteiger partial charge >= 0.3 is 24.9 Å². The molecule has 0 fully saturated rings. The molecular formula is C26H16ClF11N2O2. The largest absolute Gasteiger partial charge is 0.461 e. The zero-order valence-electron chi connectivity index (χ0n) is 20.5. The molecule has 16 heteroatoms. The summed E-state index contributed by atoms with van der Waals surface area (Å²) in [6.45, 7) is 0. The third-order valence-corrected chi connectivity index (χ3v) is 5.80. The third-order valence-electron chi connectivity index (χ3n) is 5.57. The summed E-state index contributed by atoms with van der Waals surface area (Å²) < 4.78 is 151. The molecule has 0 aliphatic rings. The summed E-state index contributed by atoms with van der Waals surface area (Å²) in [5.74, 6) is -4.62. The zero-order valence-corrected chi connectivity index (χ0v) is 21.3. The molecule has 0 spiro atoms. The molecule has 1 atom stereocenters. The van der Waals surface area contributed by atoms with Gasteiger partial charge in [-0.1, -0.05) is 41.9 Å². The molecule has 1 aromatic heterocycles. The van der Waals surface area contributed by atoms with Gasteiger partial charge in [-0.3, -0.25) is 9.78 Å². The SMILES string of the molecule is O=C(C=C(C(F)(F)F)C(F)(F)F)NC(Cc1ccccc1)(c1cc(F)cc(OC(F)(F)C(F)F)c1)c1ccc(Cl)cn1. The number of hydrogen-bond acceptors (Lipinski definition) is 3. The number of pyridine rings is 1. The highest BCUT2D eigenvalue weighted by Gasteiger charge is 2.52. The van der Waals surface area contributed by atoms with Crippen molar-refractivity contribution in [2.45, 2.75) is 36.8 Å². The van der Waals surface area contributed by atoms with Crippen LogP contribution in [-0.4, -0.2) is 35.8 Å². The van der Waals surface area contributed by atoms with Gasteiger partial charge in [0.1, 0.15) is 22.7 Å². The monoisotopic (exact) mass is 632 g/mol. The van der Waals surface area contributed by atoms with E-state index in [1.165, 1.54) is 30.3 Å². The fraction of sp³-hybridized carbons (Fsp3) is 0.231. The van der Waals surface area contributed by atoms with Crippen molar-refractivity contribution in [1.29, 1.82) is 0 Å². The third kappa shape index (κ3) is 7.89. The van der Waals surface area contributed by atoms with E-state index in [1.807, 2.05) is 5.32 Å². The van der Waals surface area contributed by atoms with Crippen LogP contribution in [0.15, 0.2) is 78.5 Å². The van der Waals surface area contributed by atoms with Crippen LogP contribution >= 0.6 is 11.6 Å². The summed E-state index contributed by atoms with van der Waals surface area (Å²) in [5.41, 5.74) is -6.36. The van der Waals surface area contributed by atoms with Gasteiger partial charge in [-0.25, -0.2) is 4.39 Å². The Labute approximate surface area is 234 Å². The van der Waals surface area contributed by atoms with Crippen LogP contribution in [0.5, 0.6) is 5.75 Å². The summed E-state index contributed by atoms with van der Waals surface area (Å²) in [4.78, 5) is 16.8. The van der Waals surface area contributed by atoms with Gasteiger partial charge in [0.15, 0.2) is 0 Å². The molecule has 3 rings (SSSR count). The number of hydrogen-bond donors (Lipinski definition) is 1. The van der Waals surface area contributed by atoms with Gasteiger partial charge in [0.05, 0.1) is 10.7 Å². The Morgan fingerprint density at radius 3 is 2.07 bits per heavy atom. The highest BCUT2D eigenvalue weighted by atomic mass is 35.5. The van der Waals surface area contributed by atoms with E-state index in [0.717, 1.165) is 18.3 Å². The van der Waals surface area contributed by atoms with E-state index in [9.17, 15) is 53.1 Å². The van der Waals surface area contributed by atoms with Crippen molar-refractivity contribution in [2.24, 2.45) is 0 Å². The van der Waals surface area contributed by atoms with Crippen LogP contribution in [0.1, 0.15) is 16.8 Å². The molecule has 0 radical (unpaired) electrons. The number of carbonyl (C=O) groups excluding carboxylic acids is 1. The molecule has 1 heterocycles. The molecule has 0 saturated heterocycles. The number of amides is 1. The maximum absolute atomic E-state index is 14.7. The predicted molar refractivity (Wildman–Crippen MR) is 126 cm³/mol. The lowest BCUT2D eigenvalue weighted by Crippen LogP contribution is -2.49. The number of carbonyl (C=O) groups is 1. The van der Waals surface area contributed by atoms with Crippen LogP contribution in [-0.2, 0) is 16.8 Å². The second-order valence-corrected chi connectivity index (χ2v) is 9.05. The lowest BCUT2D eigenvalue weighted by molar-refractivity contribution is -0.253. The minimum absolute atomic E-state index is 0.0187. The first-order valence-corrected chi connectivity index (χ1v) is 11.7. The van der Waals surface area contributed by atoms with Crippen molar-refractivity contribution in [2.75, 3.05) is 0 Å². The van der Waals surface area contributed by atoms with Crippen LogP contribution in [0.3, 0.4) is 0 Å². The van der Waals surface area contributed by atoms with Crippen LogP contribution in [0.25, 0.3) is 0 Å². The molecule has 226 valence electrons. The summed E-state index contributed by atoms with van der Waals surface area (Å²) in [6.07, 6.45) is -22.0. The summed E-state index contributed by atoms with van der Waals surface area (Å²) in [7, 11) is 0. The Bertz CT molecular complexity index is 1410. The highest BCUT2D eigenvalue weighted by molar-refractivity contribution is 6.30. The van der Waals surface area contributed by atoms with Gasteiger partial charge < -0.3 is 10.1 Å². The van der Waals surface area contributed by atoms with Crippen molar-refractivity contribution in [3.63, 3.8) is 0 Å². The maximum atomic E-state index is 14.7. The summed E-state index contributed by atoms with van der Waals surface area (Å²) in [6, 6.07) is 10.9. The molecule has 0 saturated carbocycles. The van der Waals surface area contributed by atoms with E-state index >= 15 is 0 Å². The Balaban J connectivity index is 2.32. The molecule has 4 nitrogen and oxygen atoms in total. The number of nitrogens with one attached hydrogen (secondary N) is 1. The first kappa shape index (κ1) is 32.6. The molecule has 1 unspecified atom stereocenters. The summed E-state index contributed by atoms with van der Waals surface area (Å²) in [5, 5.41) is 1.95. The van der Waals surface area contributed by atoms with E-state index in [1.54, 1.807) is 0 Å². The Morgan fingerprint density at radius 1 is 0.929 bits per heavy atom. The fourth-order valence-corrected chi connectivity index (χ4v) is 3.93. The lowest BCUT2D eigenvalue weighted by atomic mass is 9.80. The molecule has 1 amide bonds. The number of allylic oxidation sites excluding steroid dienone is 1. The van der Waals surface area contributed by atoms with Crippen molar-refractivity contribution in [1.82, 2.24) is 10.3 Å². The van der Waals surface area contributed by atoms with Crippen LogP contribution in [0, 0.1) is 5.82 Å². The van der Waals surface area contributed by atoms with Gasteiger partial charge in [0, 0.05) is 24.8 Å². The number of benzene rings is 2. The Morgan fingerprint density at radius 2 is 1.55 bits per heavy atom. The van der Waals surface area contributed by atoms with Gasteiger partial charge in [-0.2, -0.15) is 43.9 Å². The molecule has 0 aliphatic heterocycles. The van der Waals surface area contributed by atoms with Crippen molar-refractivity contribution < 1.29 is 57.8 Å². The van der Waals surface area contributed by atoms with Gasteiger partial charge in [0.2, 0.25) is 5.91 Å². The van der Waals surface area contributed by atoms with Gasteiger partial charge in [0.25, 0.3) is 0 Å². The second-order valence-electron chi connectivity index (χ2n) is 8.61. The average molecular weight is 633 g/mol. The van der Waals surface area contributed by atoms with E-state index in [4.69, 9.17) is 11.6 Å². The first-order chi connectivity index (χ1) is 19.3. The molecule has 1 N–H and O–H groups in total. The minimum Gasteiger partial charge on any atom is -0.428 e. The number of rotatable bonds is 9. The van der Waals surface area contributed by atoms with Crippen molar-refractivity contribution in [3.8, 4) is 5.75 Å². The second kappa shape index (κ2) is 12.2. The number of alkyl halides is 10. The number of aromatic nitrogens is 1. The molecule has 0 aliphatic carbocycles. The number of ether oxygens (including phenoxy) is 1. The van der Waals surface area contributed by atoms with Crippen molar-refractivity contribution >= 4 is 17.5 Å². The highest BCUT2D eigenvalue weighted by Crippen LogP contribution is 2.40. The Kier molecular flexibility index (Phi) is 9.44. The van der Waals surface area contributed by atoms with E-state index < -0.39 is 71.5 Å². The molecule has 2 aromatic carbocycles. The van der Waals surface area contributed by atoms with Crippen LogP contribution < -0.4 is 10.1 Å². The lowest BCUT2D eigenvalue weighted by Gasteiger charge is -2.35. The topological polar surface area (TPSA) is 51.2 Å². The van der Waals surface area contributed by atoms with E-state index in [-0.39, 0.29) is 22.3 Å². The van der Waals surface area contributed by atoms with E-state index in [0.29, 0.717) is 12.1 Å². The summed E-state index contributed by atoms with van der Waals surface area (Å²) >= 11 is 5.85. The minimum atomic E-state index is -6.03. The maximum Gasteiger partial charge on any atom is 0.461 e. The molecule has 0 bridgehead atoms. The molecule has 42 heavy (non-hydrogen) atoms. The zero-order chi connectivity index (χ0) is 31.5.